The second-order valence-electron chi connectivity index (χ2n) is 2.61. The van der Waals surface area contributed by atoms with E-state index in [0.717, 1.165) is 10.7 Å². The third kappa shape index (κ3) is 2.50. The molecule has 0 spiro atoms. The molecular formula is C8H12N2O2S. The first kappa shape index (κ1) is 10.1. The van der Waals surface area contributed by atoms with Crippen LogP contribution in [0.15, 0.2) is 21.6 Å². The van der Waals surface area contributed by atoms with E-state index in [-0.39, 0.29) is 11.2 Å². The molecule has 3 N–H and O–H groups in total. The topological polar surface area (TPSA) is 68.3 Å². The van der Waals surface area contributed by atoms with Crippen molar-refractivity contribution in [3.05, 3.63) is 18.1 Å². The van der Waals surface area contributed by atoms with Gasteiger partial charge in [-0.1, -0.05) is 0 Å². The molecule has 0 fully saturated rings. The minimum atomic E-state index is -0.207. The Balaban J connectivity index is 2.59. The largest absolute Gasteiger partial charge is 0.468 e. The summed E-state index contributed by atoms with van der Waals surface area (Å²) >= 11 is 1.42. The summed E-state index contributed by atoms with van der Waals surface area (Å²) < 4.78 is 5.09. The summed E-state index contributed by atoms with van der Waals surface area (Å²) in [6.45, 7) is 3.65. The van der Waals surface area contributed by atoms with E-state index < -0.39 is 0 Å². The van der Waals surface area contributed by atoms with Crippen LogP contribution in [0.2, 0.25) is 0 Å². The summed E-state index contributed by atoms with van der Waals surface area (Å²) in [7, 11) is 0. The molecule has 1 atom stereocenters. The lowest BCUT2D eigenvalue weighted by molar-refractivity contribution is -0.120. The van der Waals surface area contributed by atoms with Crippen LogP contribution < -0.4 is 11.3 Å². The number of carbonyl (C=O) groups excluding carboxylic acids is 1. The van der Waals surface area contributed by atoms with E-state index >= 15 is 0 Å². The van der Waals surface area contributed by atoms with Gasteiger partial charge in [0.15, 0.2) is 0 Å². The molecule has 0 saturated carbocycles. The average molecular weight is 200 g/mol. The number of nitrogens with two attached hydrogens (primary N) is 1. The SMILES string of the molecule is Cc1occc1SC(C)C(=O)NN. The maximum absolute atomic E-state index is 11.1. The highest BCUT2D eigenvalue weighted by Crippen LogP contribution is 2.26. The fraction of sp³-hybridized carbons (Fsp3) is 0.375. The standard InChI is InChI=1S/C8H12N2O2S/c1-5-7(3-4-12-5)13-6(2)8(11)10-9/h3-4,6H,9H2,1-2H3,(H,10,11). The van der Waals surface area contributed by atoms with E-state index in [0.29, 0.717) is 0 Å². The predicted octanol–water partition coefficient (Wildman–Crippen LogP) is 1.06. The van der Waals surface area contributed by atoms with Gasteiger partial charge >= 0.3 is 0 Å². The van der Waals surface area contributed by atoms with Crippen LogP contribution >= 0.6 is 11.8 Å². The molecule has 13 heavy (non-hydrogen) atoms. The predicted molar refractivity (Wildman–Crippen MR) is 51.1 cm³/mol. The lowest BCUT2D eigenvalue weighted by Crippen LogP contribution is -2.36. The Labute approximate surface area is 80.8 Å². The Hall–Kier alpha value is -0.940. The average Bonchev–Trinajstić information content (AvgIpc) is 2.50. The van der Waals surface area contributed by atoms with E-state index in [1.54, 1.807) is 13.2 Å². The fourth-order valence-electron chi connectivity index (χ4n) is 0.857. The van der Waals surface area contributed by atoms with Gasteiger partial charge in [0, 0.05) is 4.90 Å². The molecule has 0 saturated heterocycles. The molecular weight excluding hydrogens is 188 g/mol. The molecule has 0 aliphatic rings. The number of carbonyl (C=O) groups is 1. The molecule has 0 aliphatic heterocycles. The lowest BCUT2D eigenvalue weighted by atomic mass is 10.5. The number of hydrogen-bond donors (Lipinski definition) is 2. The fourth-order valence-corrected chi connectivity index (χ4v) is 1.76. The number of rotatable bonds is 3. The Kier molecular flexibility index (Phi) is 3.39. The van der Waals surface area contributed by atoms with Crippen molar-refractivity contribution in [3.63, 3.8) is 0 Å². The number of thioether (sulfide) groups is 1. The molecule has 1 aromatic heterocycles. The Bertz CT molecular complexity index is 298. The number of aryl methyl sites for hydroxylation is 1. The first-order valence-corrected chi connectivity index (χ1v) is 4.74. The van der Waals surface area contributed by atoms with Crippen molar-refractivity contribution < 1.29 is 9.21 Å². The van der Waals surface area contributed by atoms with Crippen LogP contribution in [0.3, 0.4) is 0 Å². The minimum Gasteiger partial charge on any atom is -0.468 e. The zero-order valence-electron chi connectivity index (χ0n) is 7.53. The third-order valence-corrected chi connectivity index (χ3v) is 2.87. The molecule has 1 unspecified atom stereocenters. The van der Waals surface area contributed by atoms with Gasteiger partial charge in [-0.3, -0.25) is 10.2 Å². The molecule has 5 heteroatoms. The summed E-state index contributed by atoms with van der Waals surface area (Å²) in [6, 6.07) is 1.83. The zero-order chi connectivity index (χ0) is 9.84. The van der Waals surface area contributed by atoms with Gasteiger partial charge in [0.05, 0.1) is 11.5 Å². The molecule has 0 aliphatic carbocycles. The van der Waals surface area contributed by atoms with E-state index in [1.165, 1.54) is 11.8 Å². The summed E-state index contributed by atoms with van der Waals surface area (Å²) in [4.78, 5) is 12.0. The summed E-state index contributed by atoms with van der Waals surface area (Å²) in [5, 5.41) is -0.207. The van der Waals surface area contributed by atoms with Gasteiger partial charge in [0.1, 0.15) is 5.76 Å². The Morgan fingerprint density at radius 1 is 1.77 bits per heavy atom. The molecule has 0 aromatic carbocycles. The number of amides is 1. The van der Waals surface area contributed by atoms with Crippen LogP contribution in [0.25, 0.3) is 0 Å². The van der Waals surface area contributed by atoms with Crippen molar-refractivity contribution in [3.8, 4) is 0 Å². The summed E-state index contributed by atoms with van der Waals surface area (Å²) in [6.07, 6.45) is 1.60. The second-order valence-corrected chi connectivity index (χ2v) is 3.99. The molecule has 1 rings (SSSR count). The van der Waals surface area contributed by atoms with Crippen LogP contribution in [0.1, 0.15) is 12.7 Å². The van der Waals surface area contributed by atoms with E-state index in [1.807, 2.05) is 13.0 Å². The van der Waals surface area contributed by atoms with Gasteiger partial charge in [-0.05, 0) is 19.9 Å². The number of hydrazine groups is 1. The highest BCUT2D eigenvalue weighted by molar-refractivity contribution is 8.00. The van der Waals surface area contributed by atoms with Crippen LogP contribution in [0, 0.1) is 6.92 Å². The summed E-state index contributed by atoms with van der Waals surface area (Å²) in [5.41, 5.74) is 2.11. The first-order valence-electron chi connectivity index (χ1n) is 3.86. The maximum atomic E-state index is 11.1. The normalized spacial score (nSPS) is 12.5. The molecule has 0 bridgehead atoms. The quantitative estimate of drug-likeness (QED) is 0.331. The van der Waals surface area contributed by atoms with Crippen molar-refractivity contribution in [2.45, 2.75) is 24.0 Å². The molecule has 4 nitrogen and oxygen atoms in total. The Morgan fingerprint density at radius 2 is 2.46 bits per heavy atom. The van der Waals surface area contributed by atoms with Crippen LogP contribution in [0.4, 0.5) is 0 Å². The lowest BCUT2D eigenvalue weighted by Gasteiger charge is -2.07. The maximum Gasteiger partial charge on any atom is 0.247 e. The summed E-state index contributed by atoms with van der Waals surface area (Å²) in [5.74, 6) is 5.64. The molecule has 1 aromatic rings. The van der Waals surface area contributed by atoms with Gasteiger partial charge in [-0.2, -0.15) is 0 Å². The van der Waals surface area contributed by atoms with Gasteiger partial charge < -0.3 is 4.42 Å². The molecule has 72 valence electrons. The smallest absolute Gasteiger partial charge is 0.247 e. The van der Waals surface area contributed by atoms with E-state index in [2.05, 4.69) is 5.43 Å². The highest BCUT2D eigenvalue weighted by atomic mass is 32.2. The van der Waals surface area contributed by atoms with E-state index in [4.69, 9.17) is 10.3 Å². The first-order chi connectivity index (χ1) is 6.15. The van der Waals surface area contributed by atoms with Crippen LogP contribution in [-0.2, 0) is 4.79 Å². The molecule has 0 radical (unpaired) electrons. The monoisotopic (exact) mass is 200 g/mol. The van der Waals surface area contributed by atoms with Crippen molar-refractivity contribution in [1.82, 2.24) is 5.43 Å². The third-order valence-electron chi connectivity index (χ3n) is 1.63. The Morgan fingerprint density at radius 3 is 2.92 bits per heavy atom. The molecule has 1 heterocycles. The molecule has 1 amide bonds. The number of furan rings is 1. The van der Waals surface area contributed by atoms with Gasteiger partial charge in [0.25, 0.3) is 0 Å². The van der Waals surface area contributed by atoms with Crippen LogP contribution in [-0.4, -0.2) is 11.2 Å². The van der Waals surface area contributed by atoms with E-state index in [9.17, 15) is 4.79 Å². The van der Waals surface area contributed by atoms with Crippen LogP contribution in [0.5, 0.6) is 0 Å². The van der Waals surface area contributed by atoms with Gasteiger partial charge in [-0.15, -0.1) is 11.8 Å². The minimum absolute atomic E-state index is 0.189. The van der Waals surface area contributed by atoms with Gasteiger partial charge in [0.2, 0.25) is 5.91 Å². The zero-order valence-corrected chi connectivity index (χ0v) is 8.35. The van der Waals surface area contributed by atoms with Crippen molar-refractivity contribution in [2.75, 3.05) is 0 Å². The van der Waals surface area contributed by atoms with Crippen molar-refractivity contribution in [2.24, 2.45) is 5.84 Å². The second kappa shape index (κ2) is 4.34. The number of nitrogens with one attached hydrogen (secondary N) is 1. The number of hydrogen-bond acceptors (Lipinski definition) is 4. The van der Waals surface area contributed by atoms with Crippen molar-refractivity contribution >= 4 is 17.7 Å². The van der Waals surface area contributed by atoms with Gasteiger partial charge in [-0.25, -0.2) is 5.84 Å². The van der Waals surface area contributed by atoms with Crippen molar-refractivity contribution in [1.29, 1.82) is 0 Å². The highest BCUT2D eigenvalue weighted by Gasteiger charge is 2.14.